The first-order valence-corrected chi connectivity index (χ1v) is 8.39. The van der Waals surface area contributed by atoms with Crippen molar-refractivity contribution in [3.8, 4) is 0 Å². The zero-order chi connectivity index (χ0) is 13.0. The highest BCUT2D eigenvalue weighted by molar-refractivity contribution is 4.91. The van der Waals surface area contributed by atoms with E-state index in [4.69, 9.17) is 0 Å². The fourth-order valence-electron chi connectivity index (χ4n) is 4.51. The van der Waals surface area contributed by atoms with Gasteiger partial charge in [-0.25, -0.2) is 0 Å². The lowest BCUT2D eigenvalue weighted by molar-refractivity contribution is 0.242. The maximum atomic E-state index is 3.66. The fraction of sp³-hybridized carbons (Fsp3) is 1.00. The summed E-state index contributed by atoms with van der Waals surface area (Å²) >= 11 is 0. The first-order chi connectivity index (χ1) is 8.69. The Morgan fingerprint density at radius 3 is 2.56 bits per heavy atom. The average molecular weight is 251 g/mol. The zero-order valence-electron chi connectivity index (χ0n) is 12.8. The highest BCUT2D eigenvalue weighted by Crippen LogP contribution is 2.50. The van der Waals surface area contributed by atoms with Crippen LogP contribution in [-0.4, -0.2) is 13.1 Å². The zero-order valence-corrected chi connectivity index (χ0v) is 12.8. The maximum Gasteiger partial charge on any atom is -0.00203 e. The molecule has 0 aromatic heterocycles. The van der Waals surface area contributed by atoms with Gasteiger partial charge in [0.2, 0.25) is 0 Å². The summed E-state index contributed by atoms with van der Waals surface area (Å²) in [5, 5.41) is 3.66. The molecular formula is C17H33N. The van der Waals surface area contributed by atoms with Crippen molar-refractivity contribution in [2.45, 2.75) is 65.7 Å². The van der Waals surface area contributed by atoms with Crippen molar-refractivity contribution in [1.29, 1.82) is 0 Å². The minimum Gasteiger partial charge on any atom is -0.316 e. The molecule has 2 aliphatic rings. The minimum absolute atomic E-state index is 0.858. The van der Waals surface area contributed by atoms with Gasteiger partial charge >= 0.3 is 0 Å². The standard InChI is InChI=1S/C17H33N/c1-4-7-18-12-15(8-13(2)3)11-17-10-14-5-6-16(17)9-14/h13-18H,4-12H2,1-3H3. The molecule has 0 amide bonds. The van der Waals surface area contributed by atoms with Crippen LogP contribution in [0.3, 0.4) is 0 Å². The Kier molecular flexibility index (Phi) is 5.54. The van der Waals surface area contributed by atoms with E-state index >= 15 is 0 Å². The smallest absolute Gasteiger partial charge is 0.00203 e. The van der Waals surface area contributed by atoms with E-state index in [0.29, 0.717) is 0 Å². The number of nitrogens with one attached hydrogen (secondary N) is 1. The second-order valence-electron chi connectivity index (χ2n) is 7.37. The van der Waals surface area contributed by atoms with Crippen LogP contribution in [0.1, 0.15) is 65.7 Å². The second kappa shape index (κ2) is 6.93. The van der Waals surface area contributed by atoms with E-state index in [1.807, 2.05) is 0 Å². The molecule has 2 saturated carbocycles. The lowest BCUT2D eigenvalue weighted by Crippen LogP contribution is -2.27. The number of hydrogen-bond donors (Lipinski definition) is 1. The van der Waals surface area contributed by atoms with Crippen LogP contribution in [0.2, 0.25) is 0 Å². The molecule has 0 heterocycles. The van der Waals surface area contributed by atoms with E-state index in [9.17, 15) is 0 Å². The molecule has 1 nitrogen and oxygen atoms in total. The molecule has 2 fully saturated rings. The van der Waals surface area contributed by atoms with E-state index in [2.05, 4.69) is 26.1 Å². The topological polar surface area (TPSA) is 12.0 Å². The van der Waals surface area contributed by atoms with E-state index in [0.717, 1.165) is 29.6 Å². The fourth-order valence-corrected chi connectivity index (χ4v) is 4.51. The van der Waals surface area contributed by atoms with Crippen molar-refractivity contribution >= 4 is 0 Å². The second-order valence-corrected chi connectivity index (χ2v) is 7.37. The predicted octanol–water partition coefficient (Wildman–Crippen LogP) is 4.47. The van der Waals surface area contributed by atoms with Gasteiger partial charge in [0, 0.05) is 0 Å². The van der Waals surface area contributed by atoms with Crippen LogP contribution in [-0.2, 0) is 0 Å². The Bertz CT molecular complexity index is 236. The van der Waals surface area contributed by atoms with Gasteiger partial charge < -0.3 is 5.32 Å². The summed E-state index contributed by atoms with van der Waals surface area (Å²) in [7, 11) is 0. The van der Waals surface area contributed by atoms with Crippen LogP contribution in [0, 0.1) is 29.6 Å². The SMILES string of the molecule is CCCNCC(CC(C)C)CC1CC2CCC1C2. The third kappa shape index (κ3) is 3.98. The monoisotopic (exact) mass is 251 g/mol. The molecule has 18 heavy (non-hydrogen) atoms. The summed E-state index contributed by atoms with van der Waals surface area (Å²) in [6.45, 7) is 9.49. The van der Waals surface area contributed by atoms with Gasteiger partial charge in [-0.3, -0.25) is 0 Å². The van der Waals surface area contributed by atoms with Crippen LogP contribution in [0.5, 0.6) is 0 Å². The van der Waals surface area contributed by atoms with Crippen LogP contribution in [0.25, 0.3) is 0 Å². The van der Waals surface area contributed by atoms with Crippen molar-refractivity contribution in [2.75, 3.05) is 13.1 Å². The van der Waals surface area contributed by atoms with Gasteiger partial charge in [-0.05, 0) is 81.2 Å². The van der Waals surface area contributed by atoms with Crippen molar-refractivity contribution in [3.63, 3.8) is 0 Å². The molecule has 1 heteroatoms. The first-order valence-electron chi connectivity index (χ1n) is 8.39. The van der Waals surface area contributed by atoms with Gasteiger partial charge in [0.25, 0.3) is 0 Å². The van der Waals surface area contributed by atoms with Gasteiger partial charge in [0.15, 0.2) is 0 Å². The summed E-state index contributed by atoms with van der Waals surface area (Å²) in [5.41, 5.74) is 0. The molecule has 0 radical (unpaired) electrons. The lowest BCUT2D eigenvalue weighted by atomic mass is 9.80. The first kappa shape index (κ1) is 14.4. The number of hydrogen-bond acceptors (Lipinski definition) is 1. The molecule has 1 N–H and O–H groups in total. The number of rotatable bonds is 8. The van der Waals surface area contributed by atoms with Gasteiger partial charge in [-0.1, -0.05) is 27.2 Å². The summed E-state index contributed by atoms with van der Waals surface area (Å²) in [6, 6.07) is 0. The molecule has 2 bridgehead atoms. The molecular weight excluding hydrogens is 218 g/mol. The highest BCUT2D eigenvalue weighted by atomic mass is 14.8. The van der Waals surface area contributed by atoms with E-state index < -0.39 is 0 Å². The summed E-state index contributed by atoms with van der Waals surface area (Å²) in [5.74, 6) is 5.09. The molecule has 0 aliphatic heterocycles. The van der Waals surface area contributed by atoms with Gasteiger partial charge in [0.05, 0.1) is 0 Å². The maximum absolute atomic E-state index is 3.66. The van der Waals surface area contributed by atoms with Crippen LogP contribution >= 0.6 is 0 Å². The highest BCUT2D eigenvalue weighted by Gasteiger charge is 2.39. The van der Waals surface area contributed by atoms with Crippen LogP contribution < -0.4 is 5.32 Å². The molecule has 4 unspecified atom stereocenters. The molecule has 0 spiro atoms. The Labute approximate surface area is 114 Å². The Morgan fingerprint density at radius 1 is 1.17 bits per heavy atom. The summed E-state index contributed by atoms with van der Waals surface area (Å²) < 4.78 is 0. The largest absolute Gasteiger partial charge is 0.316 e. The van der Waals surface area contributed by atoms with E-state index in [1.165, 1.54) is 32.4 Å². The molecule has 2 aliphatic carbocycles. The normalized spacial score (nSPS) is 32.3. The molecule has 4 atom stereocenters. The van der Waals surface area contributed by atoms with Gasteiger partial charge in [0.1, 0.15) is 0 Å². The van der Waals surface area contributed by atoms with Crippen LogP contribution in [0.15, 0.2) is 0 Å². The third-order valence-corrected chi connectivity index (χ3v) is 5.19. The molecule has 106 valence electrons. The Balaban J connectivity index is 1.76. The number of fused-ring (bicyclic) bond motifs is 2. The van der Waals surface area contributed by atoms with Gasteiger partial charge in [-0.15, -0.1) is 0 Å². The average Bonchev–Trinajstić information content (AvgIpc) is 2.90. The lowest BCUT2D eigenvalue weighted by Gasteiger charge is -2.28. The van der Waals surface area contributed by atoms with E-state index in [1.54, 1.807) is 25.7 Å². The van der Waals surface area contributed by atoms with Crippen molar-refractivity contribution < 1.29 is 0 Å². The summed E-state index contributed by atoms with van der Waals surface area (Å²) in [4.78, 5) is 0. The van der Waals surface area contributed by atoms with Crippen molar-refractivity contribution in [3.05, 3.63) is 0 Å². The van der Waals surface area contributed by atoms with Gasteiger partial charge in [-0.2, -0.15) is 0 Å². The van der Waals surface area contributed by atoms with Crippen molar-refractivity contribution in [1.82, 2.24) is 5.32 Å². The quantitative estimate of drug-likeness (QED) is 0.627. The third-order valence-electron chi connectivity index (χ3n) is 5.19. The van der Waals surface area contributed by atoms with Crippen molar-refractivity contribution in [2.24, 2.45) is 29.6 Å². The predicted molar refractivity (Wildman–Crippen MR) is 79.7 cm³/mol. The summed E-state index contributed by atoms with van der Waals surface area (Å²) in [6.07, 6.45) is 10.4. The molecule has 0 aromatic rings. The Morgan fingerprint density at radius 2 is 2.00 bits per heavy atom. The Hall–Kier alpha value is -0.0400. The van der Waals surface area contributed by atoms with Crippen LogP contribution in [0.4, 0.5) is 0 Å². The minimum atomic E-state index is 0.858. The van der Waals surface area contributed by atoms with E-state index in [-0.39, 0.29) is 0 Å². The molecule has 0 saturated heterocycles. The molecule has 2 rings (SSSR count). The molecule has 0 aromatic carbocycles.